The van der Waals surface area contributed by atoms with Crippen molar-refractivity contribution in [1.82, 2.24) is 0 Å². The number of rotatable bonds is 7. The normalized spacial score (nSPS) is 10.0. The summed E-state index contributed by atoms with van der Waals surface area (Å²) < 4.78 is 10.8. The Kier molecular flexibility index (Phi) is 7.23. The molecule has 0 saturated carbocycles. The fraction of sp³-hybridized carbons (Fsp3) is 0.333. The van der Waals surface area contributed by atoms with Crippen LogP contribution in [0.4, 0.5) is 0 Å². The minimum atomic E-state index is 0.295. The van der Waals surface area contributed by atoms with E-state index in [9.17, 15) is 0 Å². The summed E-state index contributed by atoms with van der Waals surface area (Å²) in [5.41, 5.74) is 3.38. The van der Waals surface area contributed by atoms with Gasteiger partial charge in [0.25, 0.3) is 0 Å². The van der Waals surface area contributed by atoms with Crippen LogP contribution in [0, 0.1) is 11.8 Å². The quantitative estimate of drug-likeness (QED) is 0.415. The zero-order valence-electron chi connectivity index (χ0n) is 14.0. The third-order valence-corrected chi connectivity index (χ3v) is 3.36. The first-order valence-electron chi connectivity index (χ1n) is 8.23. The fourth-order valence-electron chi connectivity index (χ4n) is 2.14. The summed E-state index contributed by atoms with van der Waals surface area (Å²) in [5.74, 6) is 7.17. The van der Waals surface area contributed by atoms with Crippen LogP contribution in [0.2, 0.25) is 0 Å². The topological polar surface area (TPSA) is 18.5 Å². The van der Waals surface area contributed by atoms with Crippen LogP contribution in [0.25, 0.3) is 0 Å². The summed E-state index contributed by atoms with van der Waals surface area (Å²) in [6.45, 7) is 5.28. The Bertz CT molecular complexity index is 630. The van der Waals surface area contributed by atoms with E-state index in [2.05, 4.69) is 50.0 Å². The molecule has 0 radical (unpaired) electrons. The zero-order valence-corrected chi connectivity index (χ0v) is 14.0. The Hall–Kier alpha value is -2.24. The molecule has 0 aliphatic heterocycles. The summed E-state index contributed by atoms with van der Waals surface area (Å²) in [5, 5.41) is 0. The highest BCUT2D eigenvalue weighted by Gasteiger charge is 1.94. The van der Waals surface area contributed by atoms with E-state index in [0.717, 1.165) is 36.3 Å². The number of benzene rings is 2. The predicted molar refractivity (Wildman–Crippen MR) is 94.6 cm³/mol. The first-order valence-corrected chi connectivity index (χ1v) is 8.23. The molecule has 0 amide bonds. The van der Waals surface area contributed by atoms with Crippen molar-refractivity contribution in [2.75, 3.05) is 13.4 Å². The largest absolute Gasteiger partial charge is 0.468 e. The highest BCUT2D eigenvalue weighted by atomic mass is 16.7. The summed E-state index contributed by atoms with van der Waals surface area (Å²) >= 11 is 0. The van der Waals surface area contributed by atoms with E-state index in [1.807, 2.05) is 24.3 Å². The second-order valence-electron chi connectivity index (χ2n) is 5.39. The van der Waals surface area contributed by atoms with Crippen LogP contribution in [-0.2, 0) is 11.2 Å². The van der Waals surface area contributed by atoms with Crippen molar-refractivity contribution in [2.24, 2.45) is 0 Å². The van der Waals surface area contributed by atoms with Crippen LogP contribution >= 0.6 is 0 Å². The molecule has 2 aromatic rings. The van der Waals surface area contributed by atoms with Gasteiger partial charge >= 0.3 is 0 Å². The first kappa shape index (κ1) is 17.1. The number of aryl methyl sites for hydroxylation is 1. The summed E-state index contributed by atoms with van der Waals surface area (Å²) in [4.78, 5) is 0. The molecule has 0 saturated heterocycles. The van der Waals surface area contributed by atoms with Crippen molar-refractivity contribution in [3.63, 3.8) is 0 Å². The van der Waals surface area contributed by atoms with E-state index in [-0.39, 0.29) is 0 Å². The maximum atomic E-state index is 5.49. The summed E-state index contributed by atoms with van der Waals surface area (Å²) in [6.07, 6.45) is 3.29. The molecule has 2 aromatic carbocycles. The van der Waals surface area contributed by atoms with Crippen LogP contribution in [0.1, 0.15) is 43.4 Å². The van der Waals surface area contributed by atoms with E-state index >= 15 is 0 Å². The minimum absolute atomic E-state index is 0.295. The van der Waals surface area contributed by atoms with E-state index < -0.39 is 0 Å². The lowest BCUT2D eigenvalue weighted by Crippen LogP contribution is -2.03. The summed E-state index contributed by atoms with van der Waals surface area (Å²) in [7, 11) is 0. The minimum Gasteiger partial charge on any atom is -0.468 e. The Labute approximate surface area is 139 Å². The number of ether oxygens (including phenoxy) is 2. The van der Waals surface area contributed by atoms with Crippen LogP contribution in [0.5, 0.6) is 5.75 Å². The molecule has 0 fully saturated rings. The number of hydrogen-bond acceptors (Lipinski definition) is 2. The fourth-order valence-corrected chi connectivity index (χ4v) is 2.14. The van der Waals surface area contributed by atoms with Gasteiger partial charge in [-0.25, -0.2) is 0 Å². The Balaban J connectivity index is 1.90. The second-order valence-corrected chi connectivity index (χ2v) is 5.39. The van der Waals surface area contributed by atoms with Crippen LogP contribution in [-0.4, -0.2) is 13.4 Å². The van der Waals surface area contributed by atoms with Gasteiger partial charge in [0.15, 0.2) is 6.79 Å². The van der Waals surface area contributed by atoms with Gasteiger partial charge in [-0.2, -0.15) is 0 Å². The molecule has 0 bridgehead atoms. The number of hydrogen-bond donors (Lipinski definition) is 0. The van der Waals surface area contributed by atoms with Gasteiger partial charge in [-0.05, 0) is 54.8 Å². The second kappa shape index (κ2) is 9.71. The highest BCUT2D eigenvalue weighted by molar-refractivity contribution is 5.44. The van der Waals surface area contributed by atoms with Crippen LogP contribution in [0.15, 0.2) is 48.5 Å². The molecular formula is C21H24O2. The van der Waals surface area contributed by atoms with Crippen molar-refractivity contribution in [3.8, 4) is 17.6 Å². The molecule has 120 valence electrons. The van der Waals surface area contributed by atoms with Gasteiger partial charge in [0.1, 0.15) is 5.75 Å². The molecule has 2 heteroatoms. The lowest BCUT2D eigenvalue weighted by atomic mass is 10.1. The van der Waals surface area contributed by atoms with Crippen molar-refractivity contribution in [2.45, 2.75) is 33.1 Å². The van der Waals surface area contributed by atoms with Gasteiger partial charge in [-0.1, -0.05) is 44.2 Å². The van der Waals surface area contributed by atoms with Crippen molar-refractivity contribution < 1.29 is 9.47 Å². The van der Waals surface area contributed by atoms with Crippen molar-refractivity contribution in [1.29, 1.82) is 0 Å². The molecule has 0 aromatic heterocycles. The van der Waals surface area contributed by atoms with E-state index in [1.54, 1.807) is 0 Å². The molecule has 0 N–H and O–H groups in total. The Morgan fingerprint density at radius 2 is 1.39 bits per heavy atom. The molecule has 2 rings (SSSR count). The van der Waals surface area contributed by atoms with E-state index in [1.165, 1.54) is 12.0 Å². The van der Waals surface area contributed by atoms with Crippen molar-refractivity contribution in [3.05, 3.63) is 65.2 Å². The van der Waals surface area contributed by atoms with Crippen molar-refractivity contribution >= 4 is 0 Å². The first-order chi connectivity index (χ1) is 11.3. The SMILES string of the molecule is CCCOCOc1ccc(C#Cc2ccc(CCC)cc2)cc1. The Morgan fingerprint density at radius 3 is 1.96 bits per heavy atom. The monoisotopic (exact) mass is 308 g/mol. The molecule has 0 aliphatic rings. The molecule has 0 unspecified atom stereocenters. The van der Waals surface area contributed by atoms with Gasteiger partial charge in [0, 0.05) is 11.1 Å². The molecular weight excluding hydrogens is 284 g/mol. The van der Waals surface area contributed by atoms with Crippen LogP contribution < -0.4 is 4.74 Å². The maximum absolute atomic E-state index is 5.49. The lowest BCUT2D eigenvalue weighted by Gasteiger charge is -2.06. The third-order valence-electron chi connectivity index (χ3n) is 3.36. The maximum Gasteiger partial charge on any atom is 0.189 e. The molecule has 23 heavy (non-hydrogen) atoms. The predicted octanol–water partition coefficient (Wildman–Crippen LogP) is 4.80. The van der Waals surface area contributed by atoms with Gasteiger partial charge in [-0.15, -0.1) is 0 Å². The van der Waals surface area contributed by atoms with E-state index in [4.69, 9.17) is 9.47 Å². The molecule has 0 aliphatic carbocycles. The van der Waals surface area contributed by atoms with Crippen LogP contribution in [0.3, 0.4) is 0 Å². The van der Waals surface area contributed by atoms with Gasteiger partial charge < -0.3 is 9.47 Å². The zero-order chi connectivity index (χ0) is 16.3. The Morgan fingerprint density at radius 1 is 0.783 bits per heavy atom. The third kappa shape index (κ3) is 6.18. The van der Waals surface area contributed by atoms with E-state index in [0.29, 0.717) is 6.79 Å². The smallest absolute Gasteiger partial charge is 0.189 e. The van der Waals surface area contributed by atoms with Gasteiger partial charge in [0.2, 0.25) is 0 Å². The van der Waals surface area contributed by atoms with Gasteiger partial charge in [0.05, 0.1) is 6.61 Å². The molecule has 0 heterocycles. The average molecular weight is 308 g/mol. The summed E-state index contributed by atoms with van der Waals surface area (Å²) in [6, 6.07) is 16.2. The molecule has 0 spiro atoms. The van der Waals surface area contributed by atoms with Gasteiger partial charge in [-0.3, -0.25) is 0 Å². The molecule has 0 atom stereocenters. The average Bonchev–Trinajstić information content (AvgIpc) is 2.59. The standard InChI is InChI=1S/C21H24O2/c1-3-5-18-6-8-19(9-7-18)10-11-20-12-14-21(15-13-20)23-17-22-16-4-2/h6-9,12-15H,3-5,16-17H2,1-2H3. The lowest BCUT2D eigenvalue weighted by molar-refractivity contribution is 0.0157. The highest BCUT2D eigenvalue weighted by Crippen LogP contribution is 2.12. The molecule has 2 nitrogen and oxygen atoms in total.